The van der Waals surface area contributed by atoms with Gasteiger partial charge in [0, 0.05) is 13.0 Å². The predicted octanol–water partition coefficient (Wildman–Crippen LogP) is 1.83. The van der Waals surface area contributed by atoms with E-state index in [2.05, 4.69) is 5.32 Å². The average molecular weight is 211 g/mol. The maximum Gasteiger partial charge on any atom is 0.389 e. The molecule has 1 fully saturated rings. The Bertz CT molecular complexity index is 175. The Kier molecular flexibility index (Phi) is 3.78. The topological polar surface area (TPSA) is 32.3 Å². The van der Waals surface area contributed by atoms with Crippen LogP contribution in [0.2, 0.25) is 0 Å². The summed E-state index contributed by atoms with van der Waals surface area (Å²) in [5.41, 5.74) is -0.913. The molecular weight excluding hydrogens is 195 g/mol. The molecule has 0 aliphatic carbocycles. The number of nitrogens with one attached hydrogen (secondary N) is 1. The molecule has 0 aromatic rings. The van der Waals surface area contributed by atoms with Gasteiger partial charge in [0.05, 0.1) is 5.60 Å². The summed E-state index contributed by atoms with van der Waals surface area (Å²) in [5, 5.41) is 12.8. The number of β-amino-alcohol motifs (C(OH)–C–C–N with tert-alkyl or cyclic N) is 1. The monoisotopic (exact) mass is 211 g/mol. The maximum atomic E-state index is 11.8. The van der Waals surface area contributed by atoms with Crippen LogP contribution in [0.4, 0.5) is 13.2 Å². The zero-order valence-corrected chi connectivity index (χ0v) is 8.03. The number of hydrogen-bond donors (Lipinski definition) is 2. The highest BCUT2D eigenvalue weighted by Gasteiger charge is 2.32. The van der Waals surface area contributed by atoms with Gasteiger partial charge in [-0.05, 0) is 32.2 Å². The van der Waals surface area contributed by atoms with Crippen molar-refractivity contribution in [2.24, 2.45) is 0 Å². The SMILES string of the molecule is OC1(CCCC(F)(F)F)CCCNC1. The molecular formula is C9H16F3NO. The van der Waals surface area contributed by atoms with E-state index in [1.807, 2.05) is 0 Å². The number of piperidine rings is 1. The summed E-state index contributed by atoms with van der Waals surface area (Å²) in [6, 6.07) is 0. The fraction of sp³-hybridized carbons (Fsp3) is 1.00. The van der Waals surface area contributed by atoms with E-state index in [1.165, 1.54) is 0 Å². The summed E-state index contributed by atoms with van der Waals surface area (Å²) in [4.78, 5) is 0. The largest absolute Gasteiger partial charge is 0.389 e. The Morgan fingerprint density at radius 2 is 2.07 bits per heavy atom. The molecule has 0 saturated carbocycles. The second-order valence-corrected chi connectivity index (χ2v) is 3.97. The van der Waals surface area contributed by atoms with Crippen LogP contribution in [0, 0.1) is 0 Å². The number of rotatable bonds is 3. The van der Waals surface area contributed by atoms with E-state index in [1.54, 1.807) is 0 Å². The predicted molar refractivity (Wildman–Crippen MR) is 47.0 cm³/mol. The van der Waals surface area contributed by atoms with Gasteiger partial charge < -0.3 is 10.4 Å². The van der Waals surface area contributed by atoms with E-state index >= 15 is 0 Å². The van der Waals surface area contributed by atoms with Crippen molar-refractivity contribution >= 4 is 0 Å². The molecule has 0 amide bonds. The van der Waals surface area contributed by atoms with Crippen molar-refractivity contribution in [2.75, 3.05) is 13.1 Å². The first-order valence-electron chi connectivity index (χ1n) is 4.91. The number of hydrogen-bond acceptors (Lipinski definition) is 2. The van der Waals surface area contributed by atoms with E-state index in [4.69, 9.17) is 0 Å². The fourth-order valence-corrected chi connectivity index (χ4v) is 1.78. The molecule has 1 atom stereocenters. The molecule has 0 radical (unpaired) electrons. The third-order valence-electron chi connectivity index (χ3n) is 2.55. The lowest BCUT2D eigenvalue weighted by atomic mass is 9.89. The molecule has 1 unspecified atom stereocenters. The molecule has 0 bridgehead atoms. The lowest BCUT2D eigenvalue weighted by molar-refractivity contribution is -0.138. The van der Waals surface area contributed by atoms with Crippen LogP contribution in [0.5, 0.6) is 0 Å². The minimum Gasteiger partial charge on any atom is -0.389 e. The van der Waals surface area contributed by atoms with Crippen LogP contribution in [0.3, 0.4) is 0 Å². The molecule has 0 aromatic carbocycles. The molecule has 1 aliphatic heterocycles. The van der Waals surface area contributed by atoms with Gasteiger partial charge in [-0.25, -0.2) is 0 Å². The Morgan fingerprint density at radius 3 is 2.57 bits per heavy atom. The van der Waals surface area contributed by atoms with Crippen molar-refractivity contribution in [3.63, 3.8) is 0 Å². The number of halogens is 3. The first kappa shape index (κ1) is 11.8. The van der Waals surface area contributed by atoms with E-state index in [9.17, 15) is 18.3 Å². The molecule has 1 heterocycles. The first-order chi connectivity index (χ1) is 6.41. The van der Waals surface area contributed by atoms with Crippen molar-refractivity contribution in [1.82, 2.24) is 5.32 Å². The highest BCUT2D eigenvalue weighted by molar-refractivity contribution is 4.85. The summed E-state index contributed by atoms with van der Waals surface area (Å²) >= 11 is 0. The van der Waals surface area contributed by atoms with Crippen molar-refractivity contribution < 1.29 is 18.3 Å². The van der Waals surface area contributed by atoms with Crippen molar-refractivity contribution in [3.05, 3.63) is 0 Å². The minimum absolute atomic E-state index is 0.0156. The standard InChI is InChI=1S/C9H16F3NO/c10-9(11,12)5-1-3-8(14)4-2-6-13-7-8/h13-14H,1-7H2. The Labute approximate surface area is 81.5 Å². The van der Waals surface area contributed by atoms with Crippen LogP contribution >= 0.6 is 0 Å². The van der Waals surface area contributed by atoms with Gasteiger partial charge in [0.25, 0.3) is 0 Å². The Hall–Kier alpha value is -0.290. The lowest BCUT2D eigenvalue weighted by Gasteiger charge is -2.32. The molecule has 2 nitrogen and oxygen atoms in total. The third-order valence-corrected chi connectivity index (χ3v) is 2.55. The Balaban J connectivity index is 2.22. The number of alkyl halides is 3. The second kappa shape index (κ2) is 4.49. The molecule has 1 aliphatic rings. The van der Waals surface area contributed by atoms with Crippen LogP contribution in [-0.4, -0.2) is 30.0 Å². The molecule has 14 heavy (non-hydrogen) atoms. The highest BCUT2D eigenvalue weighted by Crippen LogP contribution is 2.27. The van der Waals surface area contributed by atoms with E-state index in [0.717, 1.165) is 13.0 Å². The molecule has 0 aromatic heterocycles. The zero-order chi connectivity index (χ0) is 10.7. The normalized spacial score (nSPS) is 29.1. The van der Waals surface area contributed by atoms with Gasteiger partial charge in [0.2, 0.25) is 0 Å². The van der Waals surface area contributed by atoms with Gasteiger partial charge in [-0.3, -0.25) is 0 Å². The van der Waals surface area contributed by atoms with Crippen LogP contribution < -0.4 is 5.32 Å². The molecule has 5 heteroatoms. The van der Waals surface area contributed by atoms with E-state index in [-0.39, 0.29) is 12.8 Å². The molecule has 1 saturated heterocycles. The van der Waals surface area contributed by atoms with Crippen LogP contribution in [0.15, 0.2) is 0 Å². The summed E-state index contributed by atoms with van der Waals surface area (Å²) in [7, 11) is 0. The maximum absolute atomic E-state index is 11.8. The summed E-state index contributed by atoms with van der Waals surface area (Å²) in [6.07, 6.45) is -3.20. The summed E-state index contributed by atoms with van der Waals surface area (Å²) < 4.78 is 35.5. The van der Waals surface area contributed by atoms with Crippen LogP contribution in [0.25, 0.3) is 0 Å². The molecule has 2 N–H and O–H groups in total. The van der Waals surface area contributed by atoms with Crippen molar-refractivity contribution in [3.8, 4) is 0 Å². The molecule has 84 valence electrons. The molecule has 0 spiro atoms. The van der Waals surface area contributed by atoms with Gasteiger partial charge >= 0.3 is 6.18 Å². The van der Waals surface area contributed by atoms with Gasteiger partial charge in [0.1, 0.15) is 0 Å². The molecule has 1 rings (SSSR count). The zero-order valence-electron chi connectivity index (χ0n) is 8.03. The smallest absolute Gasteiger partial charge is 0.389 e. The highest BCUT2D eigenvalue weighted by atomic mass is 19.4. The quantitative estimate of drug-likeness (QED) is 0.746. The average Bonchev–Trinajstić information content (AvgIpc) is 2.02. The minimum atomic E-state index is -4.10. The van der Waals surface area contributed by atoms with E-state index < -0.39 is 18.2 Å². The van der Waals surface area contributed by atoms with Gasteiger partial charge in [0.15, 0.2) is 0 Å². The van der Waals surface area contributed by atoms with E-state index in [0.29, 0.717) is 13.0 Å². The second-order valence-electron chi connectivity index (χ2n) is 3.97. The number of aliphatic hydroxyl groups is 1. The summed E-state index contributed by atoms with van der Waals surface area (Å²) in [5.74, 6) is 0. The fourth-order valence-electron chi connectivity index (χ4n) is 1.78. The van der Waals surface area contributed by atoms with Gasteiger partial charge in [-0.1, -0.05) is 0 Å². The van der Waals surface area contributed by atoms with Gasteiger partial charge in [-0.2, -0.15) is 13.2 Å². The first-order valence-corrected chi connectivity index (χ1v) is 4.91. The van der Waals surface area contributed by atoms with Gasteiger partial charge in [-0.15, -0.1) is 0 Å². The van der Waals surface area contributed by atoms with Crippen molar-refractivity contribution in [1.29, 1.82) is 0 Å². The van der Waals surface area contributed by atoms with Crippen LogP contribution in [0.1, 0.15) is 32.1 Å². The Morgan fingerprint density at radius 1 is 1.36 bits per heavy atom. The lowest BCUT2D eigenvalue weighted by Crippen LogP contribution is -2.45. The summed E-state index contributed by atoms with van der Waals surface area (Å²) in [6.45, 7) is 1.27. The van der Waals surface area contributed by atoms with Crippen LogP contribution in [-0.2, 0) is 0 Å². The van der Waals surface area contributed by atoms with Crippen molar-refractivity contribution in [2.45, 2.75) is 43.9 Å². The third kappa shape index (κ3) is 4.28.